The lowest BCUT2D eigenvalue weighted by atomic mass is 9.81. The molecule has 0 bridgehead atoms. The van der Waals surface area contributed by atoms with E-state index < -0.39 is 5.97 Å². The van der Waals surface area contributed by atoms with Gasteiger partial charge in [-0.15, -0.1) is 0 Å². The van der Waals surface area contributed by atoms with E-state index in [4.69, 9.17) is 4.74 Å². The normalized spacial score (nSPS) is 21.1. The summed E-state index contributed by atoms with van der Waals surface area (Å²) >= 11 is 0. The molecule has 2 aliphatic carbocycles. The van der Waals surface area contributed by atoms with Crippen LogP contribution in [-0.2, 0) is 6.54 Å². The second-order valence-electron chi connectivity index (χ2n) is 13.5. The smallest absolute Gasteiger partial charge is 0.335 e. The van der Waals surface area contributed by atoms with E-state index in [1.54, 1.807) is 6.07 Å². The number of hydrogen-bond donors (Lipinski definition) is 1. The van der Waals surface area contributed by atoms with Crippen LogP contribution >= 0.6 is 0 Å². The van der Waals surface area contributed by atoms with Crippen LogP contribution in [0.25, 0.3) is 22.2 Å². The van der Waals surface area contributed by atoms with Crippen LogP contribution in [0, 0.1) is 5.92 Å². The Labute approximate surface area is 262 Å². The van der Waals surface area contributed by atoms with Crippen LogP contribution in [0.15, 0.2) is 60.2 Å². The van der Waals surface area contributed by atoms with Gasteiger partial charge in [0.15, 0.2) is 0 Å². The van der Waals surface area contributed by atoms with Gasteiger partial charge in [-0.1, -0.05) is 50.5 Å². The highest BCUT2D eigenvalue weighted by Crippen LogP contribution is 2.48. The number of ether oxygens (including phenoxy) is 1. The highest BCUT2D eigenvalue weighted by Gasteiger charge is 2.31. The zero-order valence-electron chi connectivity index (χ0n) is 26.3. The largest absolute Gasteiger partial charge is 0.489 e. The van der Waals surface area contributed by atoms with Gasteiger partial charge in [0, 0.05) is 60.9 Å². The zero-order chi connectivity index (χ0) is 30.0. The highest BCUT2D eigenvalue weighted by atomic mass is 16.5. The van der Waals surface area contributed by atoms with Gasteiger partial charge in [-0.25, -0.2) is 4.79 Å². The SMILES string of the molecule is CC1CCCN(CCN2CCn3c(c(C4CCCCC4)c4ccc(C(=O)O)cc43)-c3ccc(OCC4=CCCC=C4)cc32)C1. The minimum absolute atomic E-state index is 0.364. The minimum Gasteiger partial charge on any atom is -0.489 e. The van der Waals surface area contributed by atoms with Gasteiger partial charge in [-0.2, -0.15) is 0 Å². The standard InChI is InChI=1S/C38H47N3O3/c1-27-9-8-18-39(25-27)19-20-40-21-22-41-35-23-30(38(42)43)14-16-32(35)36(29-12-6-3-7-13-29)37(41)33-17-15-31(24-34(33)40)44-26-28-10-4-2-5-11-28/h4,10-11,14-17,23-24,27,29H,2-3,5-9,12-13,18-22,25-26H2,1H3,(H,42,43). The first-order chi connectivity index (χ1) is 21.5. The van der Waals surface area contributed by atoms with Crippen molar-refractivity contribution in [2.24, 2.45) is 5.92 Å². The van der Waals surface area contributed by atoms with Crippen LogP contribution in [0.1, 0.15) is 86.6 Å². The molecular weight excluding hydrogens is 546 g/mol. The number of carboxylic acids is 1. The van der Waals surface area contributed by atoms with Crippen molar-refractivity contribution >= 4 is 22.6 Å². The number of allylic oxidation sites excluding steroid dienone is 2. The molecular formula is C38H47N3O3. The minimum atomic E-state index is -0.863. The maximum atomic E-state index is 12.1. The quantitative estimate of drug-likeness (QED) is 0.285. The topological polar surface area (TPSA) is 57.9 Å². The molecule has 1 saturated carbocycles. The number of benzene rings is 2. The number of carbonyl (C=O) groups is 1. The number of aromatic carboxylic acids is 1. The molecule has 1 N–H and O–H groups in total. The van der Waals surface area contributed by atoms with Crippen LogP contribution in [0.3, 0.4) is 0 Å². The van der Waals surface area contributed by atoms with Gasteiger partial charge in [-0.05, 0) is 92.3 Å². The fraction of sp³-hybridized carbons (Fsp3) is 0.500. The predicted molar refractivity (Wildman–Crippen MR) is 179 cm³/mol. The monoisotopic (exact) mass is 593 g/mol. The fourth-order valence-corrected chi connectivity index (χ4v) is 8.17. The van der Waals surface area contributed by atoms with E-state index >= 15 is 0 Å². The first kappa shape index (κ1) is 29.2. The van der Waals surface area contributed by atoms with Crippen LogP contribution in [0.5, 0.6) is 5.75 Å². The molecule has 6 heteroatoms. The van der Waals surface area contributed by atoms with Crippen LogP contribution in [0.2, 0.25) is 0 Å². The van der Waals surface area contributed by atoms with Crippen molar-refractivity contribution in [2.75, 3.05) is 44.2 Å². The lowest BCUT2D eigenvalue weighted by Crippen LogP contribution is -2.41. The second kappa shape index (κ2) is 12.8. The Morgan fingerprint density at radius 2 is 1.84 bits per heavy atom. The molecule has 232 valence electrons. The number of nitrogens with zero attached hydrogens (tertiary/aromatic N) is 3. The van der Waals surface area contributed by atoms with Crippen molar-refractivity contribution < 1.29 is 14.6 Å². The molecule has 2 aliphatic heterocycles. The number of likely N-dealkylation sites (tertiary alicyclic amines) is 1. The molecule has 44 heavy (non-hydrogen) atoms. The van der Waals surface area contributed by atoms with E-state index in [9.17, 15) is 9.90 Å². The third kappa shape index (κ3) is 5.93. The van der Waals surface area contributed by atoms with Gasteiger partial charge in [0.2, 0.25) is 0 Å². The van der Waals surface area contributed by atoms with Gasteiger partial charge in [0.25, 0.3) is 0 Å². The predicted octanol–water partition coefficient (Wildman–Crippen LogP) is 8.26. The molecule has 1 aromatic heterocycles. The first-order valence-electron chi connectivity index (χ1n) is 17.0. The van der Waals surface area contributed by atoms with Crippen molar-refractivity contribution in [2.45, 2.75) is 77.2 Å². The molecule has 1 atom stereocenters. The third-order valence-electron chi connectivity index (χ3n) is 10.4. The van der Waals surface area contributed by atoms with Gasteiger partial charge in [-0.3, -0.25) is 0 Å². The number of aromatic nitrogens is 1. The lowest BCUT2D eigenvalue weighted by Gasteiger charge is -2.34. The molecule has 6 nitrogen and oxygen atoms in total. The summed E-state index contributed by atoms with van der Waals surface area (Å²) in [7, 11) is 0. The molecule has 1 unspecified atom stereocenters. The van der Waals surface area contributed by atoms with Crippen molar-refractivity contribution in [1.82, 2.24) is 9.47 Å². The Morgan fingerprint density at radius 1 is 0.955 bits per heavy atom. The van der Waals surface area contributed by atoms with Crippen molar-refractivity contribution in [3.63, 3.8) is 0 Å². The zero-order valence-corrected chi connectivity index (χ0v) is 26.3. The highest BCUT2D eigenvalue weighted by molar-refractivity contribution is 5.99. The molecule has 0 amide bonds. The van der Waals surface area contributed by atoms with Crippen molar-refractivity contribution in [3.8, 4) is 17.0 Å². The molecule has 0 radical (unpaired) electrons. The van der Waals surface area contributed by atoms with Crippen LogP contribution in [-0.4, -0.2) is 59.9 Å². The Balaban J connectivity index is 1.31. The Bertz CT molecular complexity index is 1580. The molecule has 2 aromatic carbocycles. The molecule has 7 rings (SSSR count). The summed E-state index contributed by atoms with van der Waals surface area (Å²) in [6.07, 6.45) is 17.7. The van der Waals surface area contributed by atoms with E-state index in [0.29, 0.717) is 18.1 Å². The van der Waals surface area contributed by atoms with E-state index in [1.165, 1.54) is 91.5 Å². The number of carboxylic acid groups (broad SMARTS) is 1. The molecule has 0 spiro atoms. The average Bonchev–Trinajstić information content (AvgIpc) is 3.29. The molecule has 1 saturated heterocycles. The number of anilines is 1. The molecule has 3 heterocycles. The summed E-state index contributed by atoms with van der Waals surface area (Å²) in [4.78, 5) is 17.3. The fourth-order valence-electron chi connectivity index (χ4n) is 8.17. The van der Waals surface area contributed by atoms with E-state index in [1.807, 2.05) is 6.07 Å². The van der Waals surface area contributed by atoms with Gasteiger partial charge >= 0.3 is 5.97 Å². The number of hydrogen-bond acceptors (Lipinski definition) is 4. The van der Waals surface area contributed by atoms with Crippen molar-refractivity contribution in [1.29, 1.82) is 0 Å². The van der Waals surface area contributed by atoms with Crippen LogP contribution < -0.4 is 9.64 Å². The summed E-state index contributed by atoms with van der Waals surface area (Å²) in [5.74, 6) is 1.31. The van der Waals surface area contributed by atoms with E-state index in [-0.39, 0.29) is 0 Å². The molecule has 3 aromatic rings. The third-order valence-corrected chi connectivity index (χ3v) is 10.4. The number of rotatable bonds is 8. The van der Waals surface area contributed by atoms with Gasteiger partial charge in [0.1, 0.15) is 12.4 Å². The molecule has 2 fully saturated rings. The van der Waals surface area contributed by atoms with E-state index in [2.05, 4.69) is 63.8 Å². The average molecular weight is 594 g/mol. The van der Waals surface area contributed by atoms with Crippen molar-refractivity contribution in [3.05, 3.63) is 71.3 Å². The maximum absolute atomic E-state index is 12.1. The number of fused-ring (bicyclic) bond motifs is 5. The second-order valence-corrected chi connectivity index (χ2v) is 13.5. The van der Waals surface area contributed by atoms with E-state index in [0.717, 1.165) is 56.2 Å². The number of piperidine rings is 1. The maximum Gasteiger partial charge on any atom is 0.335 e. The Morgan fingerprint density at radius 3 is 2.64 bits per heavy atom. The first-order valence-corrected chi connectivity index (χ1v) is 17.0. The summed E-state index contributed by atoms with van der Waals surface area (Å²) < 4.78 is 8.87. The van der Waals surface area contributed by atoms with Gasteiger partial charge in [0.05, 0.1) is 11.3 Å². The Kier molecular flexibility index (Phi) is 8.53. The van der Waals surface area contributed by atoms with Gasteiger partial charge < -0.3 is 24.2 Å². The molecule has 4 aliphatic rings. The Hall–Kier alpha value is -3.51. The summed E-state index contributed by atoms with van der Waals surface area (Å²) in [6.45, 7) is 9.08. The lowest BCUT2D eigenvalue weighted by molar-refractivity contribution is 0.0697. The summed E-state index contributed by atoms with van der Waals surface area (Å²) in [5, 5.41) is 11.1. The summed E-state index contributed by atoms with van der Waals surface area (Å²) in [5.41, 5.74) is 7.90. The summed E-state index contributed by atoms with van der Waals surface area (Å²) in [6, 6.07) is 12.5. The van der Waals surface area contributed by atoms with Crippen LogP contribution in [0.4, 0.5) is 5.69 Å².